The van der Waals surface area contributed by atoms with Gasteiger partial charge in [0.2, 0.25) is 0 Å². The molecule has 3 aromatic rings. The lowest BCUT2D eigenvalue weighted by molar-refractivity contribution is 0.0528. The molecule has 1 amide bonds. The van der Waals surface area contributed by atoms with Crippen molar-refractivity contribution >= 4 is 73.1 Å². The minimum Gasteiger partial charge on any atom is -0.462 e. The van der Waals surface area contributed by atoms with Gasteiger partial charge in [-0.25, -0.2) is 14.5 Å². The quantitative estimate of drug-likeness (QED) is 0.347. The van der Waals surface area contributed by atoms with E-state index in [1.165, 1.54) is 22.1 Å². The summed E-state index contributed by atoms with van der Waals surface area (Å²) in [5.74, 6) is -0.682. The normalized spacial score (nSPS) is 10.6. The number of aromatic nitrogens is 3. The number of nitrogens with zero attached hydrogens (tertiary/aromatic N) is 3. The third-order valence-corrected chi connectivity index (χ3v) is 6.01. The van der Waals surface area contributed by atoms with Gasteiger partial charge in [0.05, 0.1) is 17.2 Å². The van der Waals surface area contributed by atoms with E-state index in [1.807, 2.05) is 6.92 Å². The lowest BCUT2D eigenvalue weighted by atomic mass is 10.2. The molecule has 0 aliphatic rings. The van der Waals surface area contributed by atoms with Gasteiger partial charge in [0.15, 0.2) is 10.9 Å². The molecule has 0 atom stereocenters. The molecule has 0 saturated carbocycles. The van der Waals surface area contributed by atoms with E-state index in [2.05, 4.69) is 36.6 Å². The van der Waals surface area contributed by atoms with E-state index in [9.17, 15) is 9.59 Å². The maximum absolute atomic E-state index is 12.9. The number of halogens is 2. The first kappa shape index (κ1) is 23.3. The van der Waals surface area contributed by atoms with Crippen LogP contribution in [0.2, 0.25) is 5.02 Å². The van der Waals surface area contributed by atoms with Crippen molar-refractivity contribution in [3.05, 3.63) is 56.2 Å². The van der Waals surface area contributed by atoms with Gasteiger partial charge in [-0.1, -0.05) is 18.5 Å². The first-order chi connectivity index (χ1) is 14.8. The van der Waals surface area contributed by atoms with E-state index in [4.69, 9.17) is 28.6 Å². The molecule has 3 rings (SSSR count). The number of carbonyl (C=O) groups is 2. The number of hydrogen-bond donors (Lipinski definition) is 2. The SMILES string of the molecule is CCOC(=O)c1cc(CC)sc1NC(=S)NC(=O)c1cc(Br)nn1-c1ncccc1Cl. The van der Waals surface area contributed by atoms with Crippen LogP contribution in [-0.4, -0.2) is 38.4 Å². The predicted molar refractivity (Wildman–Crippen MR) is 127 cm³/mol. The second-order valence-electron chi connectivity index (χ2n) is 6.01. The van der Waals surface area contributed by atoms with Crippen LogP contribution in [-0.2, 0) is 11.2 Å². The molecule has 0 aromatic carbocycles. The summed E-state index contributed by atoms with van der Waals surface area (Å²) in [5.41, 5.74) is 0.538. The molecule has 0 fully saturated rings. The third kappa shape index (κ3) is 5.48. The molecular weight excluding hydrogens is 526 g/mol. The lowest BCUT2D eigenvalue weighted by Gasteiger charge is -2.11. The van der Waals surface area contributed by atoms with E-state index in [0.717, 1.165) is 11.3 Å². The zero-order chi connectivity index (χ0) is 22.5. The highest BCUT2D eigenvalue weighted by molar-refractivity contribution is 9.10. The third-order valence-electron chi connectivity index (χ3n) is 3.93. The van der Waals surface area contributed by atoms with Gasteiger partial charge >= 0.3 is 5.97 Å². The number of rotatable bonds is 6. The van der Waals surface area contributed by atoms with Gasteiger partial charge in [0.1, 0.15) is 15.3 Å². The number of thiocarbonyl (C=S) groups is 1. The number of ether oxygens (including phenoxy) is 1. The van der Waals surface area contributed by atoms with Crippen molar-refractivity contribution < 1.29 is 14.3 Å². The zero-order valence-electron chi connectivity index (χ0n) is 16.4. The molecule has 162 valence electrons. The summed E-state index contributed by atoms with van der Waals surface area (Å²) in [6.45, 7) is 3.97. The highest BCUT2D eigenvalue weighted by atomic mass is 79.9. The van der Waals surface area contributed by atoms with Crippen LogP contribution in [0.5, 0.6) is 0 Å². The van der Waals surface area contributed by atoms with Gasteiger partial charge in [0, 0.05) is 17.1 Å². The molecule has 0 saturated heterocycles. The van der Waals surface area contributed by atoms with Gasteiger partial charge in [0.25, 0.3) is 5.91 Å². The van der Waals surface area contributed by atoms with Gasteiger partial charge in [-0.15, -0.1) is 11.3 Å². The monoisotopic (exact) mass is 541 g/mol. The summed E-state index contributed by atoms with van der Waals surface area (Å²) in [5, 5.41) is 10.6. The molecule has 3 aromatic heterocycles. The molecular formula is C19H17BrClN5O3S2. The summed E-state index contributed by atoms with van der Waals surface area (Å²) in [4.78, 5) is 30.3. The summed E-state index contributed by atoms with van der Waals surface area (Å²) in [7, 11) is 0. The molecule has 31 heavy (non-hydrogen) atoms. The summed E-state index contributed by atoms with van der Waals surface area (Å²) >= 11 is 16.1. The molecule has 0 spiro atoms. The fourth-order valence-electron chi connectivity index (χ4n) is 2.58. The molecule has 2 N–H and O–H groups in total. The molecule has 0 aliphatic heterocycles. The summed E-state index contributed by atoms with van der Waals surface area (Å²) in [6, 6.07) is 6.60. The number of amides is 1. The van der Waals surface area contributed by atoms with Crippen LogP contribution >= 0.6 is 51.1 Å². The topological polar surface area (TPSA) is 98.1 Å². The Hall–Kier alpha value is -2.34. The van der Waals surface area contributed by atoms with Crippen molar-refractivity contribution in [1.29, 1.82) is 0 Å². The van der Waals surface area contributed by atoms with Crippen molar-refractivity contribution in [3.8, 4) is 5.82 Å². The molecule has 12 heteroatoms. The number of anilines is 1. The Morgan fingerprint density at radius 1 is 1.35 bits per heavy atom. The Kier molecular flexibility index (Phi) is 7.76. The van der Waals surface area contributed by atoms with Crippen LogP contribution in [0.1, 0.15) is 39.6 Å². The summed E-state index contributed by atoms with van der Waals surface area (Å²) < 4.78 is 6.84. The predicted octanol–water partition coefficient (Wildman–Crippen LogP) is 4.61. The average Bonchev–Trinajstić information content (AvgIpc) is 3.31. The molecule has 0 unspecified atom stereocenters. The van der Waals surface area contributed by atoms with Crippen LogP contribution in [0.15, 0.2) is 35.1 Å². The molecule has 0 aliphatic carbocycles. The molecule has 3 heterocycles. The van der Waals surface area contributed by atoms with E-state index < -0.39 is 11.9 Å². The smallest absolute Gasteiger partial charge is 0.341 e. The van der Waals surface area contributed by atoms with E-state index in [-0.39, 0.29) is 17.4 Å². The van der Waals surface area contributed by atoms with Crippen molar-refractivity contribution in [2.45, 2.75) is 20.3 Å². The number of thiophene rings is 1. The van der Waals surface area contributed by atoms with Crippen molar-refractivity contribution in [2.24, 2.45) is 0 Å². The van der Waals surface area contributed by atoms with Crippen LogP contribution in [0.4, 0.5) is 5.00 Å². The standard InChI is InChI=1S/C19H17BrClN5O3S2/c1-3-10-8-11(18(28)29-4-2)17(31-10)24-19(30)23-16(27)13-9-14(20)25-26(13)15-12(21)6-5-7-22-15/h5-9H,3-4H2,1-2H3,(H2,23,24,27,30). The van der Waals surface area contributed by atoms with Crippen molar-refractivity contribution in [2.75, 3.05) is 11.9 Å². The number of esters is 1. The van der Waals surface area contributed by atoms with Crippen molar-refractivity contribution in [1.82, 2.24) is 20.1 Å². The highest BCUT2D eigenvalue weighted by Crippen LogP contribution is 2.29. The van der Waals surface area contributed by atoms with E-state index in [1.54, 1.807) is 31.3 Å². The second-order valence-corrected chi connectivity index (χ2v) is 8.78. The Bertz CT molecular complexity index is 1150. The fourth-order valence-corrected chi connectivity index (χ4v) is 4.40. The fraction of sp³-hybridized carbons (Fsp3) is 0.211. The van der Waals surface area contributed by atoms with Crippen LogP contribution in [0, 0.1) is 0 Å². The first-order valence-electron chi connectivity index (χ1n) is 9.12. The van der Waals surface area contributed by atoms with Crippen LogP contribution in [0.25, 0.3) is 5.82 Å². The number of carbonyl (C=O) groups excluding carboxylic acids is 2. The van der Waals surface area contributed by atoms with E-state index >= 15 is 0 Å². The van der Waals surface area contributed by atoms with Gasteiger partial charge in [-0.3, -0.25) is 10.1 Å². The average molecular weight is 543 g/mol. The zero-order valence-corrected chi connectivity index (χ0v) is 20.4. The lowest BCUT2D eigenvalue weighted by Crippen LogP contribution is -2.35. The van der Waals surface area contributed by atoms with Gasteiger partial charge < -0.3 is 10.1 Å². The molecule has 0 bridgehead atoms. The second kappa shape index (κ2) is 10.3. The number of aryl methyl sites for hydroxylation is 1. The maximum atomic E-state index is 12.9. The van der Waals surface area contributed by atoms with Gasteiger partial charge in [-0.2, -0.15) is 5.10 Å². The molecule has 8 nitrogen and oxygen atoms in total. The minimum atomic E-state index is -0.526. The first-order valence-corrected chi connectivity index (χ1v) is 11.5. The molecule has 0 radical (unpaired) electrons. The van der Waals surface area contributed by atoms with Crippen molar-refractivity contribution in [3.63, 3.8) is 0 Å². The summed E-state index contributed by atoms with van der Waals surface area (Å²) in [6.07, 6.45) is 2.29. The number of pyridine rings is 1. The Balaban J connectivity index is 1.80. The van der Waals surface area contributed by atoms with Crippen LogP contribution < -0.4 is 10.6 Å². The van der Waals surface area contributed by atoms with Gasteiger partial charge in [-0.05, 0) is 59.7 Å². The minimum absolute atomic E-state index is 0.0241. The number of nitrogens with one attached hydrogen (secondary N) is 2. The van der Waals surface area contributed by atoms with Crippen LogP contribution in [0.3, 0.4) is 0 Å². The Morgan fingerprint density at radius 2 is 2.13 bits per heavy atom. The highest BCUT2D eigenvalue weighted by Gasteiger charge is 2.21. The number of hydrogen-bond acceptors (Lipinski definition) is 7. The van der Waals surface area contributed by atoms with E-state index in [0.29, 0.717) is 26.0 Å². The Morgan fingerprint density at radius 3 is 2.81 bits per heavy atom. The largest absolute Gasteiger partial charge is 0.462 e. The Labute approximate surface area is 201 Å². The maximum Gasteiger partial charge on any atom is 0.341 e.